The first kappa shape index (κ1) is 47.9. The van der Waals surface area contributed by atoms with Gasteiger partial charge in [-0.2, -0.15) is 5.10 Å². The highest BCUT2D eigenvalue weighted by atomic mass is 16.7. The summed E-state index contributed by atoms with van der Waals surface area (Å²) in [6.45, 7) is 15.9. The zero-order valence-corrected chi connectivity index (χ0v) is 36.8. The number of aromatic nitrogens is 2. The van der Waals surface area contributed by atoms with Crippen LogP contribution in [0.4, 0.5) is 0 Å². The number of methoxy groups -OCH3 is 1. The largest absolute Gasteiger partial charge is 0.387 e. The van der Waals surface area contributed by atoms with Crippen molar-refractivity contribution in [2.24, 2.45) is 17.8 Å². The lowest BCUT2D eigenvalue weighted by Gasteiger charge is -2.49. The number of aryl methyl sites for hydroxylation is 1. The molecule has 0 aliphatic carbocycles. The van der Waals surface area contributed by atoms with Crippen LogP contribution in [-0.2, 0) is 38.0 Å². The molecule has 1 aromatic heterocycles. The number of nitrogens with zero attached hydrogens (tertiary/aromatic N) is 3. The van der Waals surface area contributed by atoms with Gasteiger partial charge in [0.2, 0.25) is 11.8 Å². The molecule has 0 unspecified atom stereocenters. The monoisotopic (exact) mass is 825 g/mol. The molecule has 5 N–H and O–H groups in total. The first-order valence-corrected chi connectivity index (χ1v) is 20.8. The van der Waals surface area contributed by atoms with Crippen LogP contribution in [-0.4, -0.2) is 169 Å². The van der Waals surface area contributed by atoms with Crippen LogP contribution in [0, 0.1) is 24.7 Å². The number of carbonyl (C=O) groups excluding carboxylic acids is 3. The molecular formula is C41H72N6O11. The average molecular weight is 825 g/mol. The second-order valence-corrected chi connectivity index (χ2v) is 17.7. The normalized spacial score (nSPS) is 38.6. The fraction of sp³-hybridized carbons (Fsp3) is 0.854. The van der Waals surface area contributed by atoms with E-state index in [0.29, 0.717) is 31.6 Å². The summed E-state index contributed by atoms with van der Waals surface area (Å²) in [6.07, 6.45) is -4.35. The van der Waals surface area contributed by atoms with Gasteiger partial charge < -0.3 is 59.1 Å². The first-order valence-electron chi connectivity index (χ1n) is 20.8. The predicted octanol–water partition coefficient (Wildman–Crippen LogP) is 1.99. The van der Waals surface area contributed by atoms with Gasteiger partial charge in [-0.25, -0.2) is 0 Å². The Kier molecular flexibility index (Phi) is 17.1. The number of rotatable bonds is 12. The lowest BCUT2D eigenvalue weighted by molar-refractivity contribution is -0.320. The Bertz CT molecular complexity index is 1500. The molecule has 332 valence electrons. The number of amides is 3. The van der Waals surface area contributed by atoms with Gasteiger partial charge in [0.25, 0.3) is 5.91 Å². The number of hydrogen-bond donors (Lipinski definition) is 5. The average Bonchev–Trinajstić information content (AvgIpc) is 3.59. The molecule has 4 rings (SSSR count). The molecule has 0 aromatic carbocycles. The van der Waals surface area contributed by atoms with E-state index in [1.165, 1.54) is 7.11 Å². The van der Waals surface area contributed by atoms with Crippen molar-refractivity contribution in [2.75, 3.05) is 54.5 Å². The molecule has 3 aliphatic heterocycles. The SMILES string of the molecule is CO[C@]1(C)C[C@H](O[C@H]2[C@H](C)[C@@H](O[C@@H]3O[C@H](C)C[C@H](N(C)C)[C@H]3OCCCNC(=O)c3cc(C)[nH]n3)[C@](C)(O)C[C@@H](C)CN(C)C(=O)CCNC(=O)[C@@H]2C)O[C@@H](C)[C@@H]1O. The van der Waals surface area contributed by atoms with Crippen LogP contribution in [0.3, 0.4) is 0 Å². The van der Waals surface area contributed by atoms with Crippen LogP contribution in [0.2, 0.25) is 0 Å². The van der Waals surface area contributed by atoms with Gasteiger partial charge in [-0.15, -0.1) is 0 Å². The summed E-state index contributed by atoms with van der Waals surface area (Å²) in [5.74, 6) is -2.32. The number of nitrogens with one attached hydrogen (secondary N) is 3. The van der Waals surface area contributed by atoms with Crippen molar-refractivity contribution in [1.29, 1.82) is 0 Å². The van der Waals surface area contributed by atoms with Gasteiger partial charge in [-0.05, 0) is 80.0 Å². The zero-order chi connectivity index (χ0) is 43.1. The number of aromatic amines is 1. The Labute approximate surface area is 344 Å². The Morgan fingerprint density at radius 2 is 1.81 bits per heavy atom. The van der Waals surface area contributed by atoms with Crippen LogP contribution >= 0.6 is 0 Å². The molecule has 3 amide bonds. The molecule has 0 spiro atoms. The molecule has 0 saturated carbocycles. The predicted molar refractivity (Wildman–Crippen MR) is 215 cm³/mol. The van der Waals surface area contributed by atoms with Crippen LogP contribution in [0.25, 0.3) is 0 Å². The standard InChI is InChI=1S/C41H72N6O11/c1-23-20-40(7,52)36(58-39-34(30(46(9)10)19-25(3)55-39)54-17-13-15-42-38(51)29-18-24(2)44-45-29)26(4)33(27(5)37(50)43-16-14-31(48)47(11)22-23)57-32-21-41(8,53-12)35(49)28(6)56-32/h18,23,25-28,30,32-36,39,49,52H,13-17,19-22H2,1-12H3,(H,42,51)(H,43,50)(H,44,45)/t23-,25-,26+,27-,28+,30+,32+,33+,34-,35+,36-,39+,40-,41-/m1/s1. The minimum Gasteiger partial charge on any atom is -0.387 e. The van der Waals surface area contributed by atoms with Crippen molar-refractivity contribution in [3.8, 4) is 0 Å². The number of carbonyl (C=O) groups is 3. The summed E-state index contributed by atoms with van der Waals surface area (Å²) in [4.78, 5) is 43.2. The highest BCUT2D eigenvalue weighted by Gasteiger charge is 2.51. The van der Waals surface area contributed by atoms with E-state index in [1.54, 1.807) is 45.7 Å². The van der Waals surface area contributed by atoms with Gasteiger partial charge in [-0.3, -0.25) is 19.5 Å². The van der Waals surface area contributed by atoms with Crippen LogP contribution in [0.1, 0.15) is 96.8 Å². The molecule has 0 bridgehead atoms. The number of H-pyrrole nitrogens is 1. The minimum atomic E-state index is -1.53. The smallest absolute Gasteiger partial charge is 0.271 e. The van der Waals surface area contributed by atoms with E-state index in [9.17, 15) is 24.6 Å². The van der Waals surface area contributed by atoms with Gasteiger partial charge in [0.1, 0.15) is 17.9 Å². The minimum absolute atomic E-state index is 0.123. The molecule has 4 heterocycles. The highest BCUT2D eigenvalue weighted by molar-refractivity contribution is 5.92. The Hall–Kier alpha value is -2.74. The maximum absolute atomic E-state index is 13.9. The van der Waals surface area contributed by atoms with E-state index in [1.807, 2.05) is 41.8 Å². The molecular weight excluding hydrogens is 752 g/mol. The molecule has 1 aromatic rings. The fourth-order valence-corrected chi connectivity index (χ4v) is 8.81. The first-order chi connectivity index (χ1) is 27.2. The van der Waals surface area contributed by atoms with E-state index in [0.717, 1.165) is 5.69 Å². The molecule has 14 atom stereocenters. The van der Waals surface area contributed by atoms with E-state index in [4.69, 9.17) is 28.4 Å². The molecule has 17 nitrogen and oxygen atoms in total. The molecule has 17 heteroatoms. The number of ether oxygens (including phenoxy) is 6. The summed E-state index contributed by atoms with van der Waals surface area (Å²) in [5, 5.41) is 36.2. The Morgan fingerprint density at radius 3 is 2.45 bits per heavy atom. The molecule has 0 radical (unpaired) electrons. The van der Waals surface area contributed by atoms with Gasteiger partial charge in [0.05, 0.1) is 41.5 Å². The highest BCUT2D eigenvalue weighted by Crippen LogP contribution is 2.39. The van der Waals surface area contributed by atoms with Crippen LogP contribution in [0.5, 0.6) is 0 Å². The third-order valence-electron chi connectivity index (χ3n) is 12.1. The van der Waals surface area contributed by atoms with Crippen LogP contribution < -0.4 is 10.6 Å². The number of aliphatic hydroxyl groups excluding tert-OH is 1. The van der Waals surface area contributed by atoms with Crippen molar-refractivity contribution in [1.82, 2.24) is 30.6 Å². The van der Waals surface area contributed by atoms with Crippen molar-refractivity contribution in [2.45, 2.75) is 154 Å². The van der Waals surface area contributed by atoms with E-state index >= 15 is 0 Å². The van der Waals surface area contributed by atoms with Crippen molar-refractivity contribution < 1.29 is 53.0 Å². The summed E-state index contributed by atoms with van der Waals surface area (Å²) >= 11 is 0. The molecule has 3 aliphatic rings. The third kappa shape index (κ3) is 12.2. The molecule has 3 saturated heterocycles. The topological polar surface area (TPSA) is 206 Å². The zero-order valence-electron chi connectivity index (χ0n) is 36.8. The summed E-state index contributed by atoms with van der Waals surface area (Å²) in [7, 11) is 7.20. The summed E-state index contributed by atoms with van der Waals surface area (Å²) < 4.78 is 38.9. The summed E-state index contributed by atoms with van der Waals surface area (Å²) in [6, 6.07) is 1.56. The summed E-state index contributed by atoms with van der Waals surface area (Å²) in [5.41, 5.74) is -1.41. The Morgan fingerprint density at radius 1 is 1.10 bits per heavy atom. The quantitative estimate of drug-likeness (QED) is 0.192. The Balaban J connectivity index is 1.67. The van der Waals surface area contributed by atoms with E-state index in [2.05, 4.69) is 25.7 Å². The number of likely N-dealkylation sites (N-methyl/N-ethyl adjacent to an activating group) is 1. The lowest BCUT2D eigenvalue weighted by Crippen LogP contribution is -2.61. The van der Waals surface area contributed by atoms with Gasteiger partial charge in [0, 0.05) is 70.9 Å². The fourth-order valence-electron chi connectivity index (χ4n) is 8.81. The van der Waals surface area contributed by atoms with E-state index in [-0.39, 0.29) is 68.2 Å². The second-order valence-electron chi connectivity index (χ2n) is 17.7. The van der Waals surface area contributed by atoms with Crippen molar-refractivity contribution >= 4 is 17.7 Å². The van der Waals surface area contributed by atoms with Crippen LogP contribution in [0.15, 0.2) is 6.07 Å². The molecule has 3 fully saturated rings. The maximum atomic E-state index is 13.9. The second kappa shape index (κ2) is 20.7. The van der Waals surface area contributed by atoms with Gasteiger partial charge in [-0.1, -0.05) is 20.8 Å². The van der Waals surface area contributed by atoms with Gasteiger partial charge in [0.15, 0.2) is 12.6 Å². The third-order valence-corrected chi connectivity index (χ3v) is 12.1. The van der Waals surface area contributed by atoms with Crippen molar-refractivity contribution in [3.05, 3.63) is 17.5 Å². The lowest BCUT2D eigenvalue weighted by atomic mass is 9.77. The number of aliphatic hydroxyl groups is 2. The number of hydrogen-bond acceptors (Lipinski definition) is 13. The molecule has 58 heavy (non-hydrogen) atoms. The van der Waals surface area contributed by atoms with Crippen molar-refractivity contribution in [3.63, 3.8) is 0 Å². The maximum Gasteiger partial charge on any atom is 0.271 e. The van der Waals surface area contributed by atoms with E-state index < -0.39 is 66.1 Å². The van der Waals surface area contributed by atoms with Gasteiger partial charge >= 0.3 is 0 Å².